The van der Waals surface area contributed by atoms with E-state index in [1.165, 1.54) is 32.5 Å². The van der Waals surface area contributed by atoms with Crippen LogP contribution >= 0.6 is 0 Å². The molecule has 1 saturated carbocycles. The SMILES string of the molecule is CCN1CCN(CCCC(C)(C#N)NC2CC2)CC1C. The quantitative estimate of drug-likeness (QED) is 0.771. The van der Waals surface area contributed by atoms with E-state index in [-0.39, 0.29) is 5.54 Å². The molecule has 2 atom stereocenters. The molecule has 0 aromatic rings. The molecule has 4 heteroatoms. The van der Waals surface area contributed by atoms with E-state index in [0.717, 1.165) is 25.9 Å². The molecule has 2 fully saturated rings. The maximum atomic E-state index is 9.37. The molecular weight excluding hydrogens is 248 g/mol. The number of rotatable bonds is 7. The standard InChI is InChI=1S/C16H30N4/c1-4-20-11-10-19(12-14(20)2)9-5-8-16(3,13-17)18-15-6-7-15/h14-15,18H,4-12H2,1-3H3. The fourth-order valence-electron chi connectivity index (χ4n) is 3.24. The van der Waals surface area contributed by atoms with Gasteiger partial charge in [0, 0.05) is 31.7 Å². The topological polar surface area (TPSA) is 42.3 Å². The molecule has 1 heterocycles. The Labute approximate surface area is 124 Å². The van der Waals surface area contributed by atoms with E-state index in [4.69, 9.17) is 0 Å². The minimum Gasteiger partial charge on any atom is -0.301 e. The van der Waals surface area contributed by atoms with Gasteiger partial charge in [-0.05, 0) is 52.6 Å². The highest BCUT2D eigenvalue weighted by atomic mass is 15.3. The van der Waals surface area contributed by atoms with Crippen LogP contribution < -0.4 is 5.32 Å². The Balaban J connectivity index is 1.68. The van der Waals surface area contributed by atoms with Crippen LogP contribution in [0.4, 0.5) is 0 Å². The summed E-state index contributed by atoms with van der Waals surface area (Å²) in [4.78, 5) is 5.11. The molecule has 2 unspecified atom stereocenters. The van der Waals surface area contributed by atoms with Gasteiger partial charge < -0.3 is 4.90 Å². The highest BCUT2D eigenvalue weighted by molar-refractivity contribution is 5.07. The lowest BCUT2D eigenvalue weighted by Crippen LogP contribution is -2.52. The summed E-state index contributed by atoms with van der Waals surface area (Å²) >= 11 is 0. The lowest BCUT2D eigenvalue weighted by Gasteiger charge is -2.39. The van der Waals surface area contributed by atoms with E-state index in [9.17, 15) is 5.26 Å². The molecule has 0 spiro atoms. The molecule has 0 bridgehead atoms. The third kappa shape index (κ3) is 4.44. The van der Waals surface area contributed by atoms with E-state index in [0.29, 0.717) is 12.1 Å². The molecule has 1 saturated heterocycles. The first kappa shape index (κ1) is 15.8. The van der Waals surface area contributed by atoms with Gasteiger partial charge in [-0.25, -0.2) is 0 Å². The van der Waals surface area contributed by atoms with Crippen molar-refractivity contribution in [2.45, 2.75) is 64.1 Å². The molecule has 1 aliphatic carbocycles. The number of nitrogens with one attached hydrogen (secondary N) is 1. The summed E-state index contributed by atoms with van der Waals surface area (Å²) in [5.74, 6) is 0. The van der Waals surface area contributed by atoms with Gasteiger partial charge >= 0.3 is 0 Å². The number of hydrogen-bond acceptors (Lipinski definition) is 4. The van der Waals surface area contributed by atoms with Crippen LogP contribution in [0.3, 0.4) is 0 Å². The predicted molar refractivity (Wildman–Crippen MR) is 82.6 cm³/mol. The average Bonchev–Trinajstić information content (AvgIpc) is 3.23. The maximum Gasteiger partial charge on any atom is 0.104 e. The Bertz CT molecular complexity index is 347. The molecule has 1 aliphatic heterocycles. The second kappa shape index (κ2) is 6.89. The fourth-order valence-corrected chi connectivity index (χ4v) is 3.24. The van der Waals surface area contributed by atoms with Crippen molar-refractivity contribution in [3.05, 3.63) is 0 Å². The highest BCUT2D eigenvalue weighted by Gasteiger charge is 2.32. The first-order valence-corrected chi connectivity index (χ1v) is 8.21. The fraction of sp³-hybridized carbons (Fsp3) is 0.938. The van der Waals surface area contributed by atoms with E-state index in [1.54, 1.807) is 0 Å². The Morgan fingerprint density at radius 2 is 2.10 bits per heavy atom. The summed E-state index contributed by atoms with van der Waals surface area (Å²) in [6, 6.07) is 3.75. The van der Waals surface area contributed by atoms with Crippen LogP contribution in [0.1, 0.15) is 46.5 Å². The van der Waals surface area contributed by atoms with Crippen molar-refractivity contribution in [2.75, 3.05) is 32.7 Å². The van der Waals surface area contributed by atoms with Crippen molar-refractivity contribution in [1.29, 1.82) is 5.26 Å². The molecule has 2 rings (SSSR count). The normalized spacial score (nSPS) is 28.0. The van der Waals surface area contributed by atoms with Crippen LogP contribution in [0.2, 0.25) is 0 Å². The summed E-state index contributed by atoms with van der Waals surface area (Å²) in [5, 5.41) is 12.9. The monoisotopic (exact) mass is 278 g/mol. The zero-order valence-corrected chi connectivity index (χ0v) is 13.4. The van der Waals surface area contributed by atoms with Crippen molar-refractivity contribution >= 4 is 0 Å². The van der Waals surface area contributed by atoms with Crippen molar-refractivity contribution in [3.63, 3.8) is 0 Å². The summed E-state index contributed by atoms with van der Waals surface area (Å²) in [5.41, 5.74) is -0.321. The van der Waals surface area contributed by atoms with E-state index in [2.05, 4.69) is 42.0 Å². The zero-order chi connectivity index (χ0) is 14.6. The Morgan fingerprint density at radius 3 is 2.65 bits per heavy atom. The second-order valence-electron chi connectivity index (χ2n) is 6.74. The first-order valence-electron chi connectivity index (χ1n) is 8.21. The Kier molecular flexibility index (Phi) is 5.42. The summed E-state index contributed by atoms with van der Waals surface area (Å²) in [6.07, 6.45) is 4.56. The van der Waals surface area contributed by atoms with Gasteiger partial charge in [0.25, 0.3) is 0 Å². The van der Waals surface area contributed by atoms with Crippen LogP contribution in [0.25, 0.3) is 0 Å². The van der Waals surface area contributed by atoms with E-state index in [1.807, 2.05) is 0 Å². The van der Waals surface area contributed by atoms with Gasteiger partial charge in [0.15, 0.2) is 0 Å². The first-order chi connectivity index (χ1) is 9.56. The number of hydrogen-bond donors (Lipinski definition) is 1. The molecule has 0 aromatic heterocycles. The van der Waals surface area contributed by atoms with Gasteiger partial charge in [-0.15, -0.1) is 0 Å². The van der Waals surface area contributed by atoms with Gasteiger partial charge in [0.2, 0.25) is 0 Å². The van der Waals surface area contributed by atoms with E-state index >= 15 is 0 Å². The van der Waals surface area contributed by atoms with Crippen molar-refractivity contribution in [2.24, 2.45) is 0 Å². The minimum absolute atomic E-state index is 0.321. The van der Waals surface area contributed by atoms with Crippen LogP contribution in [0.5, 0.6) is 0 Å². The summed E-state index contributed by atoms with van der Waals surface area (Å²) < 4.78 is 0. The van der Waals surface area contributed by atoms with Crippen molar-refractivity contribution in [1.82, 2.24) is 15.1 Å². The molecule has 0 aromatic carbocycles. The lowest BCUT2D eigenvalue weighted by molar-refractivity contribution is 0.0859. The smallest absolute Gasteiger partial charge is 0.104 e. The van der Waals surface area contributed by atoms with E-state index < -0.39 is 0 Å². The van der Waals surface area contributed by atoms with Crippen LogP contribution in [-0.4, -0.2) is 60.1 Å². The largest absolute Gasteiger partial charge is 0.301 e. The lowest BCUT2D eigenvalue weighted by atomic mass is 9.97. The van der Waals surface area contributed by atoms with Crippen LogP contribution in [0, 0.1) is 11.3 Å². The maximum absolute atomic E-state index is 9.37. The number of piperazine rings is 1. The number of likely N-dealkylation sites (N-methyl/N-ethyl adjacent to an activating group) is 1. The molecule has 2 aliphatic rings. The predicted octanol–water partition coefficient (Wildman–Crippen LogP) is 1.83. The molecule has 4 nitrogen and oxygen atoms in total. The Hall–Kier alpha value is -0.630. The molecule has 114 valence electrons. The highest BCUT2D eigenvalue weighted by Crippen LogP contribution is 2.24. The van der Waals surface area contributed by atoms with Crippen LogP contribution in [0.15, 0.2) is 0 Å². The van der Waals surface area contributed by atoms with Gasteiger partial charge in [0.05, 0.1) is 6.07 Å². The minimum atomic E-state index is -0.321. The third-order valence-electron chi connectivity index (χ3n) is 4.75. The number of nitriles is 1. The molecule has 0 radical (unpaired) electrons. The number of nitrogens with zero attached hydrogens (tertiary/aromatic N) is 3. The van der Waals surface area contributed by atoms with Crippen LogP contribution in [-0.2, 0) is 0 Å². The van der Waals surface area contributed by atoms with Crippen molar-refractivity contribution in [3.8, 4) is 6.07 Å². The van der Waals surface area contributed by atoms with Gasteiger partial charge in [0.1, 0.15) is 5.54 Å². The summed E-state index contributed by atoms with van der Waals surface area (Å²) in [6.45, 7) is 12.5. The second-order valence-corrected chi connectivity index (χ2v) is 6.74. The Morgan fingerprint density at radius 1 is 1.35 bits per heavy atom. The van der Waals surface area contributed by atoms with Crippen molar-refractivity contribution < 1.29 is 0 Å². The van der Waals surface area contributed by atoms with Gasteiger partial charge in [-0.3, -0.25) is 10.2 Å². The van der Waals surface area contributed by atoms with Gasteiger partial charge in [-0.2, -0.15) is 5.26 Å². The molecule has 0 amide bonds. The average molecular weight is 278 g/mol. The van der Waals surface area contributed by atoms with Gasteiger partial charge in [-0.1, -0.05) is 6.92 Å². The molecule has 1 N–H and O–H groups in total. The third-order valence-corrected chi connectivity index (χ3v) is 4.75. The summed E-state index contributed by atoms with van der Waals surface area (Å²) in [7, 11) is 0. The molecular formula is C16H30N4. The zero-order valence-electron chi connectivity index (χ0n) is 13.4. The molecule has 20 heavy (non-hydrogen) atoms.